The van der Waals surface area contributed by atoms with Gasteiger partial charge in [-0.1, -0.05) is 74.5 Å². The van der Waals surface area contributed by atoms with Crippen LogP contribution in [0.5, 0.6) is 0 Å². The Bertz CT molecular complexity index is 820. The van der Waals surface area contributed by atoms with Gasteiger partial charge in [-0.25, -0.2) is 0 Å². The van der Waals surface area contributed by atoms with Crippen LogP contribution < -0.4 is 5.32 Å². The van der Waals surface area contributed by atoms with Crippen molar-refractivity contribution in [1.82, 2.24) is 15.5 Å². The highest BCUT2D eigenvalue weighted by atomic mass is 16.4. The molecule has 1 aromatic heterocycles. The van der Waals surface area contributed by atoms with E-state index >= 15 is 0 Å². The molecule has 1 amide bonds. The van der Waals surface area contributed by atoms with E-state index in [0.29, 0.717) is 17.7 Å². The van der Waals surface area contributed by atoms with Crippen molar-refractivity contribution in [2.45, 2.75) is 39.2 Å². The lowest BCUT2D eigenvalue weighted by Crippen LogP contribution is -2.34. The number of carbonyl (C=O) groups excluding carboxylic acids is 1. The highest BCUT2D eigenvalue weighted by Crippen LogP contribution is 2.27. The van der Waals surface area contributed by atoms with Crippen molar-refractivity contribution in [1.29, 1.82) is 0 Å². The number of rotatable bonds is 7. The summed E-state index contributed by atoms with van der Waals surface area (Å²) < 4.78 is 5.60. The second-order valence-corrected chi connectivity index (χ2v) is 7.10. The Labute approximate surface area is 159 Å². The van der Waals surface area contributed by atoms with Gasteiger partial charge in [-0.2, -0.15) is 0 Å². The molecule has 1 N–H and O–H groups in total. The van der Waals surface area contributed by atoms with Crippen molar-refractivity contribution >= 4 is 5.91 Å². The third kappa shape index (κ3) is 4.82. The Morgan fingerprint density at radius 1 is 0.963 bits per heavy atom. The molecule has 1 heterocycles. The van der Waals surface area contributed by atoms with Crippen LogP contribution in [0.2, 0.25) is 0 Å². The maximum atomic E-state index is 13.3. The standard InChI is InChI=1S/C22H25N3O2/c1-15(2)14-19(22-25-24-16(3)27-22)23-21(26)20(17-10-6-4-7-11-17)18-12-8-5-9-13-18/h4-13,15,19-20H,14H2,1-3H3,(H,23,26). The number of hydrogen-bond donors (Lipinski definition) is 1. The topological polar surface area (TPSA) is 68.0 Å². The first-order valence-corrected chi connectivity index (χ1v) is 9.25. The van der Waals surface area contributed by atoms with Crippen molar-refractivity contribution in [2.75, 3.05) is 0 Å². The molecule has 0 aliphatic heterocycles. The van der Waals surface area contributed by atoms with E-state index in [1.54, 1.807) is 6.92 Å². The second-order valence-electron chi connectivity index (χ2n) is 7.10. The van der Waals surface area contributed by atoms with Crippen LogP contribution >= 0.6 is 0 Å². The van der Waals surface area contributed by atoms with Gasteiger partial charge in [-0.05, 0) is 23.5 Å². The molecule has 0 spiro atoms. The monoisotopic (exact) mass is 363 g/mol. The third-order valence-electron chi connectivity index (χ3n) is 4.39. The van der Waals surface area contributed by atoms with E-state index < -0.39 is 5.92 Å². The molecule has 1 atom stereocenters. The molecule has 5 heteroatoms. The first-order valence-electron chi connectivity index (χ1n) is 9.25. The first-order chi connectivity index (χ1) is 13.0. The summed E-state index contributed by atoms with van der Waals surface area (Å²) in [4.78, 5) is 13.3. The van der Waals surface area contributed by atoms with E-state index in [1.807, 2.05) is 60.7 Å². The lowest BCUT2D eigenvalue weighted by Gasteiger charge is -2.22. The summed E-state index contributed by atoms with van der Waals surface area (Å²) in [5, 5.41) is 11.2. The van der Waals surface area contributed by atoms with Crippen molar-refractivity contribution < 1.29 is 9.21 Å². The molecule has 1 unspecified atom stereocenters. The van der Waals surface area contributed by atoms with Gasteiger partial charge in [-0.15, -0.1) is 10.2 Å². The summed E-state index contributed by atoms with van der Waals surface area (Å²) in [5.41, 5.74) is 1.90. The van der Waals surface area contributed by atoms with Gasteiger partial charge in [0.1, 0.15) is 6.04 Å². The fourth-order valence-electron chi connectivity index (χ4n) is 3.19. The van der Waals surface area contributed by atoms with Crippen LogP contribution in [0.15, 0.2) is 65.1 Å². The molecule has 3 rings (SSSR count). The van der Waals surface area contributed by atoms with Gasteiger partial charge in [0.05, 0.1) is 5.92 Å². The molecule has 0 fully saturated rings. The molecular weight excluding hydrogens is 338 g/mol. The predicted octanol–water partition coefficient (Wildman–Crippen LogP) is 4.41. The average molecular weight is 363 g/mol. The lowest BCUT2D eigenvalue weighted by molar-refractivity contribution is -0.122. The van der Waals surface area contributed by atoms with Gasteiger partial charge in [0, 0.05) is 6.92 Å². The van der Waals surface area contributed by atoms with E-state index in [9.17, 15) is 4.79 Å². The predicted molar refractivity (Wildman–Crippen MR) is 104 cm³/mol. The minimum absolute atomic E-state index is 0.0751. The van der Waals surface area contributed by atoms with E-state index in [0.717, 1.165) is 17.5 Å². The quantitative estimate of drug-likeness (QED) is 0.675. The van der Waals surface area contributed by atoms with Crippen molar-refractivity contribution in [3.05, 3.63) is 83.6 Å². The zero-order valence-electron chi connectivity index (χ0n) is 15.9. The summed E-state index contributed by atoms with van der Waals surface area (Å²) in [6.07, 6.45) is 0.726. The van der Waals surface area contributed by atoms with E-state index in [-0.39, 0.29) is 11.9 Å². The molecule has 2 aromatic carbocycles. The maximum Gasteiger partial charge on any atom is 0.238 e. The number of benzene rings is 2. The fraction of sp³-hybridized carbons (Fsp3) is 0.318. The maximum absolute atomic E-state index is 13.3. The van der Waals surface area contributed by atoms with E-state index in [1.165, 1.54) is 0 Å². The number of nitrogens with zero attached hydrogens (tertiary/aromatic N) is 2. The van der Waals surface area contributed by atoms with E-state index in [4.69, 9.17) is 4.42 Å². The molecule has 0 radical (unpaired) electrons. The van der Waals surface area contributed by atoms with Gasteiger partial charge >= 0.3 is 0 Å². The largest absolute Gasteiger partial charge is 0.423 e. The number of hydrogen-bond acceptors (Lipinski definition) is 4. The third-order valence-corrected chi connectivity index (χ3v) is 4.39. The van der Waals surface area contributed by atoms with Gasteiger partial charge in [0.25, 0.3) is 0 Å². The minimum atomic E-state index is -0.397. The van der Waals surface area contributed by atoms with Crippen LogP contribution in [0.1, 0.15) is 55.1 Å². The number of aryl methyl sites for hydroxylation is 1. The van der Waals surface area contributed by atoms with Crippen molar-refractivity contribution in [2.24, 2.45) is 5.92 Å². The van der Waals surface area contributed by atoms with Crippen LogP contribution in [0.3, 0.4) is 0 Å². The Morgan fingerprint density at radius 3 is 1.96 bits per heavy atom. The Kier molecular flexibility index (Phi) is 6.01. The zero-order chi connectivity index (χ0) is 19.2. The SMILES string of the molecule is Cc1nnc(C(CC(C)C)NC(=O)C(c2ccccc2)c2ccccc2)o1. The average Bonchev–Trinajstić information content (AvgIpc) is 3.09. The fourth-order valence-corrected chi connectivity index (χ4v) is 3.19. The van der Waals surface area contributed by atoms with Crippen LogP contribution in [0, 0.1) is 12.8 Å². The lowest BCUT2D eigenvalue weighted by atomic mass is 9.90. The molecule has 27 heavy (non-hydrogen) atoms. The van der Waals surface area contributed by atoms with Gasteiger partial charge in [0.15, 0.2) is 0 Å². The molecule has 3 aromatic rings. The summed E-state index contributed by atoms with van der Waals surface area (Å²) in [6, 6.07) is 19.3. The van der Waals surface area contributed by atoms with Crippen molar-refractivity contribution in [3.63, 3.8) is 0 Å². The van der Waals surface area contributed by atoms with Gasteiger partial charge in [0.2, 0.25) is 17.7 Å². The smallest absolute Gasteiger partial charge is 0.238 e. The van der Waals surface area contributed by atoms with Gasteiger partial charge in [-0.3, -0.25) is 4.79 Å². The minimum Gasteiger partial charge on any atom is -0.423 e. The Hall–Kier alpha value is -2.95. The number of aromatic nitrogens is 2. The zero-order valence-corrected chi connectivity index (χ0v) is 15.9. The van der Waals surface area contributed by atoms with Gasteiger partial charge < -0.3 is 9.73 Å². The molecule has 140 valence electrons. The van der Waals surface area contributed by atoms with Crippen LogP contribution in [0.4, 0.5) is 0 Å². The summed E-state index contributed by atoms with van der Waals surface area (Å²) in [5.74, 6) is 0.847. The Balaban J connectivity index is 1.90. The van der Waals surface area contributed by atoms with Crippen LogP contribution in [-0.2, 0) is 4.79 Å². The molecule has 0 saturated heterocycles. The summed E-state index contributed by atoms with van der Waals surface area (Å²) in [7, 11) is 0. The molecule has 0 aliphatic rings. The normalized spacial score (nSPS) is 12.3. The van der Waals surface area contributed by atoms with Crippen LogP contribution in [-0.4, -0.2) is 16.1 Å². The van der Waals surface area contributed by atoms with Crippen molar-refractivity contribution in [3.8, 4) is 0 Å². The molecule has 0 saturated carbocycles. The molecular formula is C22H25N3O2. The highest BCUT2D eigenvalue weighted by molar-refractivity contribution is 5.87. The summed E-state index contributed by atoms with van der Waals surface area (Å²) in [6.45, 7) is 5.96. The number of nitrogens with one attached hydrogen (secondary N) is 1. The van der Waals surface area contributed by atoms with Crippen LogP contribution in [0.25, 0.3) is 0 Å². The summed E-state index contributed by atoms with van der Waals surface area (Å²) >= 11 is 0. The second kappa shape index (κ2) is 8.62. The molecule has 5 nitrogen and oxygen atoms in total. The first kappa shape index (κ1) is 18.8. The Morgan fingerprint density at radius 2 is 1.52 bits per heavy atom. The number of amides is 1. The molecule has 0 bridgehead atoms. The van der Waals surface area contributed by atoms with E-state index in [2.05, 4.69) is 29.4 Å². The highest BCUT2D eigenvalue weighted by Gasteiger charge is 2.28. The number of carbonyl (C=O) groups is 1. The molecule has 0 aliphatic carbocycles.